The van der Waals surface area contributed by atoms with E-state index in [4.69, 9.17) is 11.6 Å². The minimum absolute atomic E-state index is 0.0927. The molecule has 2 heterocycles. The molecule has 0 saturated carbocycles. The molecule has 1 aromatic heterocycles. The van der Waals surface area contributed by atoms with E-state index in [2.05, 4.69) is 15.1 Å². The summed E-state index contributed by atoms with van der Waals surface area (Å²) in [5.41, 5.74) is 2.95. The number of halogens is 2. The molecule has 0 N–H and O–H groups in total. The highest BCUT2D eigenvalue weighted by Gasteiger charge is 2.20. The van der Waals surface area contributed by atoms with Crippen molar-refractivity contribution in [3.05, 3.63) is 70.8 Å². The van der Waals surface area contributed by atoms with Gasteiger partial charge in [0.15, 0.2) is 5.16 Å². The Morgan fingerprint density at radius 3 is 2.72 bits per heavy atom. The van der Waals surface area contributed by atoms with E-state index in [-0.39, 0.29) is 11.7 Å². The molecule has 1 aliphatic rings. The summed E-state index contributed by atoms with van der Waals surface area (Å²) in [4.78, 5) is 17.1. The van der Waals surface area contributed by atoms with E-state index in [0.29, 0.717) is 22.5 Å². The van der Waals surface area contributed by atoms with E-state index in [9.17, 15) is 9.18 Å². The maximum absolute atomic E-state index is 13.1. The first-order valence-electron chi connectivity index (χ1n) is 10.5. The predicted octanol–water partition coefficient (Wildman–Crippen LogP) is 4.19. The van der Waals surface area contributed by atoms with Crippen molar-refractivity contribution in [2.45, 2.75) is 25.0 Å². The van der Waals surface area contributed by atoms with Crippen molar-refractivity contribution in [1.29, 1.82) is 0 Å². The summed E-state index contributed by atoms with van der Waals surface area (Å²) < 4.78 is 15.0. The molecule has 0 bridgehead atoms. The quantitative estimate of drug-likeness (QED) is 0.502. The monoisotopic (exact) mass is 473 g/mol. The SMILES string of the molecule is Cc1ccc(-n2cnnc2SCC(=O)N2CCCN(Cc3ccc(F)cc3)CC2)cc1Cl. The van der Waals surface area contributed by atoms with E-state index in [1.807, 2.05) is 46.7 Å². The Labute approximate surface area is 196 Å². The molecule has 1 fully saturated rings. The summed E-state index contributed by atoms with van der Waals surface area (Å²) in [7, 11) is 0. The van der Waals surface area contributed by atoms with Gasteiger partial charge in [0.2, 0.25) is 5.91 Å². The van der Waals surface area contributed by atoms with Crippen LogP contribution in [0.4, 0.5) is 4.39 Å². The molecule has 2 aromatic carbocycles. The fourth-order valence-corrected chi connectivity index (χ4v) is 4.68. The zero-order chi connectivity index (χ0) is 22.5. The van der Waals surface area contributed by atoms with E-state index < -0.39 is 0 Å². The van der Waals surface area contributed by atoms with Crippen LogP contribution in [0.5, 0.6) is 0 Å². The number of thioether (sulfide) groups is 1. The lowest BCUT2D eigenvalue weighted by Crippen LogP contribution is -2.36. The van der Waals surface area contributed by atoms with Crippen LogP contribution in [0.2, 0.25) is 5.02 Å². The second-order valence-corrected chi connectivity index (χ2v) is 9.19. The summed E-state index contributed by atoms with van der Waals surface area (Å²) in [6.45, 7) is 5.84. The minimum Gasteiger partial charge on any atom is -0.341 e. The van der Waals surface area contributed by atoms with Crippen molar-refractivity contribution < 1.29 is 9.18 Å². The lowest BCUT2D eigenvalue weighted by molar-refractivity contribution is -0.128. The lowest BCUT2D eigenvalue weighted by Gasteiger charge is -2.22. The molecule has 168 valence electrons. The summed E-state index contributed by atoms with van der Waals surface area (Å²) in [6.07, 6.45) is 2.54. The number of benzene rings is 2. The first-order valence-corrected chi connectivity index (χ1v) is 11.9. The first-order chi connectivity index (χ1) is 15.5. The standard InChI is InChI=1S/C23H25ClFN5OS/c1-17-3-8-20(13-21(17)24)30-16-26-27-23(30)32-15-22(31)29-10-2-9-28(11-12-29)14-18-4-6-19(25)7-5-18/h3-8,13,16H,2,9-12,14-15H2,1H3. The second kappa shape index (κ2) is 10.5. The van der Waals surface area contributed by atoms with E-state index in [1.165, 1.54) is 23.9 Å². The normalized spacial score (nSPS) is 15.0. The number of carbonyl (C=O) groups excluding carboxylic acids is 1. The van der Waals surface area contributed by atoms with E-state index >= 15 is 0 Å². The number of aryl methyl sites for hydroxylation is 1. The van der Waals surface area contributed by atoms with Gasteiger partial charge in [-0.05, 0) is 48.7 Å². The van der Waals surface area contributed by atoms with Crippen molar-refractivity contribution in [1.82, 2.24) is 24.6 Å². The maximum Gasteiger partial charge on any atom is 0.233 e. The van der Waals surface area contributed by atoms with Crippen molar-refractivity contribution in [3.8, 4) is 5.69 Å². The molecule has 3 aromatic rings. The van der Waals surface area contributed by atoms with Gasteiger partial charge < -0.3 is 4.90 Å². The summed E-state index contributed by atoms with van der Waals surface area (Å²) in [5.74, 6) is 0.172. The molecule has 1 aliphatic heterocycles. The molecular weight excluding hydrogens is 449 g/mol. The second-order valence-electron chi connectivity index (χ2n) is 7.84. The molecule has 1 amide bonds. The van der Waals surface area contributed by atoms with Gasteiger partial charge in [0, 0.05) is 37.7 Å². The van der Waals surface area contributed by atoms with Gasteiger partial charge in [-0.2, -0.15) is 0 Å². The predicted molar refractivity (Wildman–Crippen MR) is 125 cm³/mol. The van der Waals surface area contributed by atoms with E-state index in [1.54, 1.807) is 6.33 Å². The van der Waals surface area contributed by atoms with Crippen LogP contribution in [-0.4, -0.2) is 62.4 Å². The van der Waals surface area contributed by atoms with Crippen LogP contribution < -0.4 is 0 Å². The highest BCUT2D eigenvalue weighted by molar-refractivity contribution is 7.99. The molecule has 0 aliphatic carbocycles. The topological polar surface area (TPSA) is 54.3 Å². The molecule has 4 rings (SSSR count). The summed E-state index contributed by atoms with van der Waals surface area (Å²) in [5, 5.41) is 9.51. The third kappa shape index (κ3) is 5.68. The van der Waals surface area contributed by atoms with Crippen LogP contribution in [0.25, 0.3) is 5.69 Å². The third-order valence-corrected chi connectivity index (χ3v) is 6.87. The van der Waals surface area contributed by atoms with Crippen LogP contribution in [0.15, 0.2) is 53.9 Å². The largest absolute Gasteiger partial charge is 0.341 e. The van der Waals surface area contributed by atoms with Crippen LogP contribution in [0.3, 0.4) is 0 Å². The molecule has 0 radical (unpaired) electrons. The maximum atomic E-state index is 13.1. The van der Waals surface area contributed by atoms with Crippen LogP contribution in [-0.2, 0) is 11.3 Å². The Balaban J connectivity index is 1.32. The molecular formula is C23H25ClFN5OS. The van der Waals surface area contributed by atoms with Crippen molar-refractivity contribution in [2.75, 3.05) is 31.9 Å². The average Bonchev–Trinajstić information content (AvgIpc) is 3.13. The fourth-order valence-electron chi connectivity index (χ4n) is 3.68. The van der Waals surface area contributed by atoms with Gasteiger partial charge in [0.05, 0.1) is 11.4 Å². The first kappa shape index (κ1) is 22.8. The molecule has 6 nitrogen and oxygen atoms in total. The fraction of sp³-hybridized carbons (Fsp3) is 0.348. The molecule has 9 heteroatoms. The van der Waals surface area contributed by atoms with Crippen molar-refractivity contribution in [2.24, 2.45) is 0 Å². The van der Waals surface area contributed by atoms with Gasteiger partial charge in [-0.3, -0.25) is 14.3 Å². The molecule has 1 saturated heterocycles. The van der Waals surface area contributed by atoms with Gasteiger partial charge >= 0.3 is 0 Å². The van der Waals surface area contributed by atoms with Gasteiger partial charge in [0.1, 0.15) is 12.1 Å². The lowest BCUT2D eigenvalue weighted by atomic mass is 10.2. The average molecular weight is 474 g/mol. The number of nitrogens with zero attached hydrogens (tertiary/aromatic N) is 5. The van der Waals surface area contributed by atoms with Gasteiger partial charge in [0.25, 0.3) is 0 Å². The number of carbonyl (C=O) groups is 1. The molecule has 32 heavy (non-hydrogen) atoms. The smallest absolute Gasteiger partial charge is 0.233 e. The van der Waals surface area contributed by atoms with Crippen molar-refractivity contribution >= 4 is 29.3 Å². The van der Waals surface area contributed by atoms with E-state index in [0.717, 1.165) is 49.4 Å². The highest BCUT2D eigenvalue weighted by Crippen LogP contribution is 2.24. The zero-order valence-electron chi connectivity index (χ0n) is 17.9. The molecule has 0 spiro atoms. The molecule has 0 atom stereocenters. The number of hydrogen-bond donors (Lipinski definition) is 0. The summed E-state index contributed by atoms with van der Waals surface area (Å²) >= 11 is 7.63. The Morgan fingerprint density at radius 2 is 1.94 bits per heavy atom. The number of amides is 1. The van der Waals surface area contributed by atoms with Gasteiger partial charge in [-0.1, -0.05) is 41.6 Å². The Morgan fingerprint density at radius 1 is 1.12 bits per heavy atom. The number of hydrogen-bond acceptors (Lipinski definition) is 5. The number of rotatable bonds is 6. The summed E-state index contributed by atoms with van der Waals surface area (Å²) in [6, 6.07) is 12.4. The van der Waals surface area contributed by atoms with Gasteiger partial charge in [-0.15, -0.1) is 10.2 Å². The number of aromatic nitrogens is 3. The van der Waals surface area contributed by atoms with Gasteiger partial charge in [-0.25, -0.2) is 4.39 Å². The van der Waals surface area contributed by atoms with Crippen LogP contribution >= 0.6 is 23.4 Å². The Bertz CT molecular complexity index is 1070. The molecule has 0 unspecified atom stereocenters. The van der Waals surface area contributed by atoms with Crippen LogP contribution in [0.1, 0.15) is 17.5 Å². The third-order valence-electron chi connectivity index (χ3n) is 5.54. The minimum atomic E-state index is -0.222. The Kier molecular flexibility index (Phi) is 7.44. The van der Waals surface area contributed by atoms with Crippen molar-refractivity contribution in [3.63, 3.8) is 0 Å². The highest BCUT2D eigenvalue weighted by atomic mass is 35.5. The Hall–Kier alpha value is -2.42. The zero-order valence-corrected chi connectivity index (χ0v) is 19.4. The van der Waals surface area contributed by atoms with Crippen LogP contribution in [0, 0.1) is 12.7 Å².